The number of rotatable bonds is 5. The first-order chi connectivity index (χ1) is 11.8. The molecule has 4 nitrogen and oxygen atoms in total. The van der Waals surface area contributed by atoms with Crippen molar-refractivity contribution in [2.45, 2.75) is 25.9 Å². The van der Waals surface area contributed by atoms with Gasteiger partial charge in [0.1, 0.15) is 24.3 Å². The smallest absolute Gasteiger partial charge is 0.150 e. The van der Waals surface area contributed by atoms with E-state index < -0.39 is 0 Å². The van der Waals surface area contributed by atoms with Gasteiger partial charge in [-0.15, -0.1) is 0 Å². The quantitative estimate of drug-likeness (QED) is 0.673. The van der Waals surface area contributed by atoms with Crippen LogP contribution in [0.15, 0.2) is 54.6 Å². The van der Waals surface area contributed by atoms with Gasteiger partial charge in [-0.1, -0.05) is 18.2 Å². The fraction of sp³-hybridized carbons (Fsp3) is 0.200. The van der Waals surface area contributed by atoms with Gasteiger partial charge < -0.3 is 4.74 Å². The molecule has 2 aromatic carbocycles. The second-order valence-corrected chi connectivity index (χ2v) is 5.95. The number of para-hydroxylation sites is 1. The summed E-state index contributed by atoms with van der Waals surface area (Å²) < 4.78 is 7.93. The molecule has 0 N–H and O–H groups in total. The lowest BCUT2D eigenvalue weighted by molar-refractivity contribution is 0.112. The summed E-state index contributed by atoms with van der Waals surface area (Å²) in [7, 11) is 0. The number of benzene rings is 2. The zero-order valence-electron chi connectivity index (χ0n) is 13.3. The molecule has 0 saturated heterocycles. The van der Waals surface area contributed by atoms with Gasteiger partial charge in [-0.3, -0.25) is 4.79 Å². The summed E-state index contributed by atoms with van der Waals surface area (Å²) in [5.41, 5.74) is 5.37. The van der Waals surface area contributed by atoms with Crippen LogP contribution in [0.3, 0.4) is 0 Å². The molecule has 1 aliphatic carbocycles. The van der Waals surface area contributed by atoms with Gasteiger partial charge in [0.25, 0.3) is 0 Å². The van der Waals surface area contributed by atoms with E-state index in [1.807, 2.05) is 30.3 Å². The Labute approximate surface area is 140 Å². The van der Waals surface area contributed by atoms with Crippen molar-refractivity contribution in [3.8, 4) is 11.4 Å². The highest BCUT2D eigenvalue weighted by Crippen LogP contribution is 2.28. The van der Waals surface area contributed by atoms with E-state index in [-0.39, 0.29) is 0 Å². The van der Waals surface area contributed by atoms with Crippen LogP contribution in [0, 0.1) is 0 Å². The van der Waals surface area contributed by atoms with Gasteiger partial charge in [0, 0.05) is 16.8 Å². The van der Waals surface area contributed by atoms with Gasteiger partial charge in [0.15, 0.2) is 0 Å². The van der Waals surface area contributed by atoms with Crippen LogP contribution in [0.25, 0.3) is 5.69 Å². The van der Waals surface area contributed by atoms with Crippen molar-refractivity contribution in [1.29, 1.82) is 0 Å². The predicted molar refractivity (Wildman–Crippen MR) is 91.8 cm³/mol. The van der Waals surface area contributed by atoms with Crippen molar-refractivity contribution in [1.82, 2.24) is 9.78 Å². The van der Waals surface area contributed by atoms with Crippen molar-refractivity contribution in [3.05, 3.63) is 77.1 Å². The van der Waals surface area contributed by atoms with Gasteiger partial charge in [-0.25, -0.2) is 4.68 Å². The molecular formula is C20H18N2O2. The topological polar surface area (TPSA) is 44.1 Å². The molecule has 1 aromatic heterocycles. The highest BCUT2D eigenvalue weighted by Gasteiger charge is 2.23. The Balaban J connectivity index is 1.58. The summed E-state index contributed by atoms with van der Waals surface area (Å²) in [4.78, 5) is 10.7. The first-order valence-corrected chi connectivity index (χ1v) is 8.18. The fourth-order valence-corrected chi connectivity index (χ4v) is 3.21. The maximum Gasteiger partial charge on any atom is 0.150 e. The Hall–Kier alpha value is -2.88. The summed E-state index contributed by atoms with van der Waals surface area (Å²) in [5.74, 6) is 0.751. The third-order valence-electron chi connectivity index (χ3n) is 4.41. The van der Waals surface area contributed by atoms with Crippen molar-refractivity contribution < 1.29 is 9.53 Å². The Morgan fingerprint density at radius 1 is 1.04 bits per heavy atom. The lowest BCUT2D eigenvalue weighted by Gasteiger charge is -2.06. The fourth-order valence-electron chi connectivity index (χ4n) is 3.21. The van der Waals surface area contributed by atoms with Crippen LogP contribution in [-0.4, -0.2) is 16.1 Å². The first-order valence-electron chi connectivity index (χ1n) is 8.18. The zero-order valence-corrected chi connectivity index (χ0v) is 13.3. The molecule has 0 atom stereocenters. The Morgan fingerprint density at radius 2 is 1.83 bits per heavy atom. The lowest BCUT2D eigenvalue weighted by atomic mass is 10.2. The van der Waals surface area contributed by atoms with Crippen molar-refractivity contribution in [2.24, 2.45) is 0 Å². The molecule has 0 aliphatic heterocycles. The van der Waals surface area contributed by atoms with E-state index in [2.05, 4.69) is 16.8 Å². The minimum atomic E-state index is 0.447. The normalized spacial score (nSPS) is 12.8. The first kappa shape index (κ1) is 14.7. The van der Waals surface area contributed by atoms with Crippen molar-refractivity contribution in [3.63, 3.8) is 0 Å². The Morgan fingerprint density at radius 3 is 2.58 bits per heavy atom. The summed E-state index contributed by atoms with van der Waals surface area (Å²) in [6.07, 6.45) is 4.12. The highest BCUT2D eigenvalue weighted by molar-refractivity contribution is 5.74. The Kier molecular flexibility index (Phi) is 3.87. The summed E-state index contributed by atoms with van der Waals surface area (Å²) >= 11 is 0. The van der Waals surface area contributed by atoms with Gasteiger partial charge in [-0.05, 0) is 55.7 Å². The minimum absolute atomic E-state index is 0.447. The molecule has 0 radical (unpaired) electrons. The number of fused-ring (bicyclic) bond motifs is 1. The SMILES string of the molecule is O=Cc1ccc(OCc2nn(-c3ccccc3)c3c2CCC3)cc1. The maximum atomic E-state index is 10.7. The maximum absolute atomic E-state index is 10.7. The number of carbonyl (C=O) groups is 1. The average molecular weight is 318 g/mol. The second-order valence-electron chi connectivity index (χ2n) is 5.95. The lowest BCUT2D eigenvalue weighted by Crippen LogP contribution is -2.03. The molecule has 1 aliphatic rings. The number of hydrogen-bond donors (Lipinski definition) is 0. The molecule has 0 amide bonds. The third-order valence-corrected chi connectivity index (χ3v) is 4.41. The van der Waals surface area contributed by atoms with Crippen LogP contribution in [0.4, 0.5) is 0 Å². The van der Waals surface area contributed by atoms with Gasteiger partial charge >= 0.3 is 0 Å². The average Bonchev–Trinajstić information content (AvgIpc) is 3.24. The molecule has 3 aromatic rings. The van der Waals surface area contributed by atoms with E-state index in [0.29, 0.717) is 12.2 Å². The van der Waals surface area contributed by atoms with Crippen LogP contribution in [0.1, 0.15) is 33.7 Å². The van der Waals surface area contributed by atoms with E-state index in [4.69, 9.17) is 9.84 Å². The second kappa shape index (κ2) is 6.32. The third kappa shape index (κ3) is 2.71. The number of nitrogens with zero attached hydrogens (tertiary/aromatic N) is 2. The predicted octanol–water partition coefficient (Wildman–Crippen LogP) is 3.75. The summed E-state index contributed by atoms with van der Waals surface area (Å²) in [6, 6.07) is 17.4. The van der Waals surface area contributed by atoms with E-state index in [1.165, 1.54) is 17.7 Å². The molecule has 120 valence electrons. The number of ether oxygens (including phenoxy) is 1. The van der Waals surface area contributed by atoms with Gasteiger partial charge in [-0.2, -0.15) is 5.10 Å². The molecule has 1 heterocycles. The molecule has 24 heavy (non-hydrogen) atoms. The van der Waals surface area contributed by atoms with Crippen LogP contribution in [0.2, 0.25) is 0 Å². The number of hydrogen-bond acceptors (Lipinski definition) is 3. The molecule has 0 spiro atoms. The summed E-state index contributed by atoms with van der Waals surface area (Å²) in [5, 5.41) is 4.79. The van der Waals surface area contributed by atoms with E-state index >= 15 is 0 Å². The monoisotopic (exact) mass is 318 g/mol. The van der Waals surface area contributed by atoms with E-state index in [1.54, 1.807) is 12.1 Å². The van der Waals surface area contributed by atoms with Crippen LogP contribution >= 0.6 is 0 Å². The number of carbonyl (C=O) groups excluding carboxylic acids is 1. The largest absolute Gasteiger partial charge is 0.487 e. The highest BCUT2D eigenvalue weighted by atomic mass is 16.5. The molecule has 0 unspecified atom stereocenters. The molecule has 4 heteroatoms. The van der Waals surface area contributed by atoms with Crippen LogP contribution < -0.4 is 4.74 Å². The van der Waals surface area contributed by atoms with Gasteiger partial charge in [0.05, 0.1) is 5.69 Å². The minimum Gasteiger partial charge on any atom is -0.487 e. The van der Waals surface area contributed by atoms with Crippen molar-refractivity contribution in [2.75, 3.05) is 0 Å². The zero-order chi connectivity index (χ0) is 16.4. The molecular weight excluding hydrogens is 300 g/mol. The van der Waals surface area contributed by atoms with Crippen LogP contribution in [0.5, 0.6) is 5.75 Å². The van der Waals surface area contributed by atoms with E-state index in [9.17, 15) is 4.79 Å². The molecule has 0 saturated carbocycles. The van der Waals surface area contributed by atoms with Gasteiger partial charge in [0.2, 0.25) is 0 Å². The molecule has 4 rings (SSSR count). The standard InChI is InChI=1S/C20H18N2O2/c23-13-15-9-11-17(12-10-15)24-14-19-18-7-4-8-20(18)22(21-19)16-5-2-1-3-6-16/h1-3,5-6,9-13H,4,7-8,14H2. The molecule has 0 bridgehead atoms. The molecule has 0 fully saturated rings. The number of aromatic nitrogens is 2. The Bertz CT molecular complexity index is 851. The van der Waals surface area contributed by atoms with Crippen molar-refractivity contribution >= 4 is 6.29 Å². The number of aldehydes is 1. The van der Waals surface area contributed by atoms with E-state index in [0.717, 1.165) is 36.3 Å². The van der Waals surface area contributed by atoms with Crippen LogP contribution in [-0.2, 0) is 19.4 Å². The summed E-state index contributed by atoms with van der Waals surface area (Å²) in [6.45, 7) is 0.447.